The molecule has 0 saturated carbocycles. The summed E-state index contributed by atoms with van der Waals surface area (Å²) in [5, 5.41) is 11.6. The summed E-state index contributed by atoms with van der Waals surface area (Å²) in [7, 11) is 0. The van der Waals surface area contributed by atoms with Gasteiger partial charge in [-0.3, -0.25) is 34.3 Å². The van der Waals surface area contributed by atoms with E-state index in [9.17, 15) is 24.5 Å². The molecule has 0 bridgehead atoms. The first-order valence-corrected chi connectivity index (χ1v) is 10.1. The molecule has 1 aliphatic rings. The van der Waals surface area contributed by atoms with Crippen molar-refractivity contribution in [3.05, 3.63) is 93.0 Å². The van der Waals surface area contributed by atoms with E-state index in [1.54, 1.807) is 48.5 Å². The topological polar surface area (TPSA) is 110 Å². The first kappa shape index (κ1) is 22.0. The monoisotopic (exact) mass is 465 g/mol. The summed E-state index contributed by atoms with van der Waals surface area (Å²) < 4.78 is 5.73. The Balaban J connectivity index is 1.54. The highest BCUT2D eigenvalue weighted by Crippen LogP contribution is 2.29. The molecule has 0 saturated heterocycles. The maximum absolute atomic E-state index is 12.8. The Kier molecular flexibility index (Phi) is 5.80. The normalized spacial score (nSPS) is 12.5. The van der Waals surface area contributed by atoms with Crippen LogP contribution in [-0.2, 0) is 4.79 Å². The summed E-state index contributed by atoms with van der Waals surface area (Å²) in [6, 6.07) is 16.8. The Bertz CT molecular complexity index is 1270. The second-order valence-electron chi connectivity index (χ2n) is 7.16. The largest absolute Gasteiger partial charge is 0.457 e. The molecule has 3 aromatic carbocycles. The summed E-state index contributed by atoms with van der Waals surface area (Å²) in [5.41, 5.74) is 0.134. The second kappa shape index (κ2) is 8.71. The lowest BCUT2D eigenvalue weighted by Gasteiger charge is -2.26. The number of anilines is 1. The minimum absolute atomic E-state index is 0.0563. The maximum atomic E-state index is 12.8. The van der Waals surface area contributed by atoms with Gasteiger partial charge in [-0.15, -0.1) is 0 Å². The lowest BCUT2D eigenvalue weighted by Crippen LogP contribution is -2.43. The molecule has 9 nitrogen and oxygen atoms in total. The third kappa shape index (κ3) is 4.39. The maximum Gasteiger partial charge on any atom is 0.270 e. The summed E-state index contributed by atoms with van der Waals surface area (Å²) >= 11 is 5.87. The van der Waals surface area contributed by atoms with Gasteiger partial charge < -0.3 is 4.74 Å². The number of hydrogen-bond donors (Lipinski definition) is 0. The smallest absolute Gasteiger partial charge is 0.270 e. The molecular weight excluding hydrogens is 450 g/mol. The number of imide groups is 1. The summed E-state index contributed by atoms with van der Waals surface area (Å²) in [6.07, 6.45) is 0. The van der Waals surface area contributed by atoms with Crippen molar-refractivity contribution < 1.29 is 24.0 Å². The Morgan fingerprint density at radius 3 is 2.12 bits per heavy atom. The van der Waals surface area contributed by atoms with E-state index in [0.29, 0.717) is 22.2 Å². The van der Waals surface area contributed by atoms with Crippen molar-refractivity contribution >= 4 is 40.7 Å². The Morgan fingerprint density at radius 2 is 1.55 bits per heavy atom. The number of carbonyl (C=O) groups is 3. The zero-order chi connectivity index (χ0) is 23.7. The molecule has 1 aliphatic heterocycles. The van der Waals surface area contributed by atoms with Crippen molar-refractivity contribution in [2.45, 2.75) is 6.92 Å². The molecule has 4 rings (SSSR count). The summed E-state index contributed by atoms with van der Waals surface area (Å²) in [6.45, 7) is 0.966. The van der Waals surface area contributed by atoms with E-state index in [1.165, 1.54) is 17.9 Å². The van der Waals surface area contributed by atoms with E-state index in [4.69, 9.17) is 16.3 Å². The van der Waals surface area contributed by atoms with Crippen LogP contribution < -0.4 is 9.64 Å². The second-order valence-corrected chi connectivity index (χ2v) is 7.60. The number of ether oxygens (including phenoxy) is 1. The van der Waals surface area contributed by atoms with Gasteiger partial charge in [-0.05, 0) is 54.6 Å². The molecule has 0 radical (unpaired) electrons. The average molecular weight is 466 g/mol. The van der Waals surface area contributed by atoms with Crippen molar-refractivity contribution in [1.29, 1.82) is 0 Å². The molecule has 1 heterocycles. The third-order valence-corrected chi connectivity index (χ3v) is 5.28. The number of non-ortho nitro benzene ring substituents is 1. The van der Waals surface area contributed by atoms with Crippen LogP contribution in [0, 0.1) is 10.1 Å². The van der Waals surface area contributed by atoms with Crippen LogP contribution in [0.3, 0.4) is 0 Å². The number of hydrogen-bond acceptors (Lipinski definition) is 6. The van der Waals surface area contributed by atoms with Gasteiger partial charge in [0.15, 0.2) is 0 Å². The van der Waals surface area contributed by atoms with E-state index in [2.05, 4.69) is 0 Å². The predicted octanol–water partition coefficient (Wildman–Crippen LogP) is 4.65. The number of benzene rings is 3. The highest BCUT2D eigenvalue weighted by molar-refractivity contribution is 6.30. The number of carbonyl (C=O) groups excluding carboxylic acids is 3. The molecule has 33 heavy (non-hydrogen) atoms. The minimum Gasteiger partial charge on any atom is -0.457 e. The van der Waals surface area contributed by atoms with Crippen LogP contribution in [0.25, 0.3) is 0 Å². The first-order chi connectivity index (χ1) is 15.7. The van der Waals surface area contributed by atoms with Gasteiger partial charge >= 0.3 is 0 Å². The number of nitro benzene ring substituents is 1. The first-order valence-electron chi connectivity index (χ1n) is 9.71. The minimum atomic E-state index is -0.701. The van der Waals surface area contributed by atoms with E-state index >= 15 is 0 Å². The molecule has 10 heteroatoms. The number of fused-ring (bicyclic) bond motifs is 1. The van der Waals surface area contributed by atoms with Gasteiger partial charge in [-0.2, -0.15) is 0 Å². The van der Waals surface area contributed by atoms with Crippen LogP contribution in [0.2, 0.25) is 5.02 Å². The summed E-state index contributed by atoms with van der Waals surface area (Å²) in [4.78, 5) is 50.3. The predicted molar refractivity (Wildman–Crippen MR) is 120 cm³/mol. The molecule has 0 N–H and O–H groups in total. The molecule has 0 aliphatic carbocycles. The SMILES string of the molecule is CC(=O)N(CN1C(=O)c2ccc([N+](=O)[O-])cc2C1=O)c1ccc(Oc2ccc(Cl)cc2)cc1. The molecular formula is C23H16ClN3O6. The Labute approximate surface area is 192 Å². The lowest BCUT2D eigenvalue weighted by atomic mass is 10.1. The molecule has 0 atom stereocenters. The van der Waals surface area contributed by atoms with E-state index in [1.807, 2.05) is 0 Å². The molecule has 3 amide bonds. The highest BCUT2D eigenvalue weighted by atomic mass is 35.5. The third-order valence-electron chi connectivity index (χ3n) is 5.03. The highest BCUT2D eigenvalue weighted by Gasteiger charge is 2.38. The van der Waals surface area contributed by atoms with Crippen LogP contribution in [0.1, 0.15) is 27.6 Å². The van der Waals surface area contributed by atoms with Gasteiger partial charge in [-0.25, -0.2) is 0 Å². The Hall–Kier alpha value is -4.24. The van der Waals surface area contributed by atoms with Crippen LogP contribution in [-0.4, -0.2) is 34.2 Å². The van der Waals surface area contributed by atoms with Crippen molar-refractivity contribution in [2.24, 2.45) is 0 Å². The standard InChI is InChI=1S/C23H16ClN3O6/c1-14(28)25(16-4-9-19(10-5-16)33-18-7-2-15(24)3-8-18)13-26-22(29)20-11-6-17(27(31)32)12-21(20)23(26)30/h2-12H,13H2,1H3. The zero-order valence-electron chi connectivity index (χ0n) is 17.2. The molecule has 3 aromatic rings. The van der Waals surface area contributed by atoms with Gasteiger partial charge in [0.1, 0.15) is 18.2 Å². The van der Waals surface area contributed by atoms with E-state index < -0.39 is 22.6 Å². The fraction of sp³-hybridized carbons (Fsp3) is 0.0870. The van der Waals surface area contributed by atoms with Gasteiger partial charge in [0.25, 0.3) is 17.5 Å². The number of rotatable bonds is 6. The zero-order valence-corrected chi connectivity index (χ0v) is 18.0. The van der Waals surface area contributed by atoms with Gasteiger partial charge in [0.05, 0.1) is 16.1 Å². The van der Waals surface area contributed by atoms with Gasteiger partial charge in [-0.1, -0.05) is 11.6 Å². The van der Waals surface area contributed by atoms with Gasteiger partial charge in [0.2, 0.25) is 5.91 Å². The molecule has 166 valence electrons. The van der Waals surface area contributed by atoms with Crippen LogP contribution >= 0.6 is 11.6 Å². The van der Waals surface area contributed by atoms with Crippen LogP contribution in [0.15, 0.2) is 66.7 Å². The van der Waals surface area contributed by atoms with Crippen molar-refractivity contribution in [1.82, 2.24) is 4.90 Å². The fourth-order valence-corrected chi connectivity index (χ4v) is 3.48. The molecule has 0 spiro atoms. The Morgan fingerprint density at radius 1 is 0.970 bits per heavy atom. The van der Waals surface area contributed by atoms with Crippen molar-refractivity contribution in [3.8, 4) is 11.5 Å². The number of nitro groups is 1. The van der Waals surface area contributed by atoms with Gasteiger partial charge in [0, 0.05) is 29.8 Å². The number of nitrogens with zero attached hydrogens (tertiary/aromatic N) is 3. The average Bonchev–Trinajstić information content (AvgIpc) is 3.03. The van der Waals surface area contributed by atoms with E-state index in [-0.39, 0.29) is 23.5 Å². The molecule has 0 unspecified atom stereocenters. The van der Waals surface area contributed by atoms with Crippen LogP contribution in [0.5, 0.6) is 11.5 Å². The van der Waals surface area contributed by atoms with Crippen LogP contribution in [0.4, 0.5) is 11.4 Å². The number of amides is 3. The quantitative estimate of drug-likeness (QED) is 0.298. The molecule has 0 aromatic heterocycles. The van der Waals surface area contributed by atoms with E-state index in [0.717, 1.165) is 17.0 Å². The molecule has 0 fully saturated rings. The van der Waals surface area contributed by atoms with Crippen molar-refractivity contribution in [3.63, 3.8) is 0 Å². The lowest BCUT2D eigenvalue weighted by molar-refractivity contribution is -0.384. The fourth-order valence-electron chi connectivity index (χ4n) is 3.36. The number of halogens is 1. The summed E-state index contributed by atoms with van der Waals surface area (Å²) in [5.74, 6) is -0.635. The van der Waals surface area contributed by atoms with Crippen molar-refractivity contribution in [2.75, 3.05) is 11.6 Å².